The van der Waals surface area contributed by atoms with Crippen molar-refractivity contribution in [1.82, 2.24) is 10.6 Å². The minimum absolute atomic E-state index is 0. The van der Waals surface area contributed by atoms with Crippen molar-refractivity contribution in [2.45, 2.75) is 39.3 Å². The summed E-state index contributed by atoms with van der Waals surface area (Å²) in [6, 6.07) is 7.66. The van der Waals surface area contributed by atoms with Gasteiger partial charge >= 0.3 is 0 Å². The Morgan fingerprint density at radius 2 is 1.95 bits per heavy atom. The van der Waals surface area contributed by atoms with Crippen molar-refractivity contribution >= 4 is 18.3 Å². The highest BCUT2D eigenvalue weighted by atomic mass is 35.5. The summed E-state index contributed by atoms with van der Waals surface area (Å²) in [5.41, 5.74) is 1.87. The van der Waals surface area contributed by atoms with E-state index in [-0.39, 0.29) is 24.9 Å². The first-order valence-corrected chi connectivity index (χ1v) is 7.85. The molecule has 4 nitrogen and oxygen atoms in total. The normalized spacial score (nSPS) is 16.6. The number of piperidine rings is 1. The zero-order valence-electron chi connectivity index (χ0n) is 13.2. The molecule has 1 unspecified atom stereocenters. The summed E-state index contributed by atoms with van der Waals surface area (Å²) < 4.78 is 0. The van der Waals surface area contributed by atoms with Crippen molar-refractivity contribution in [3.63, 3.8) is 0 Å². The first-order chi connectivity index (χ1) is 10.2. The molecule has 1 amide bonds. The van der Waals surface area contributed by atoms with Gasteiger partial charge in [-0.2, -0.15) is 0 Å². The van der Waals surface area contributed by atoms with Gasteiger partial charge in [-0.25, -0.2) is 0 Å². The van der Waals surface area contributed by atoms with Gasteiger partial charge in [-0.3, -0.25) is 4.79 Å². The Morgan fingerprint density at radius 1 is 1.32 bits per heavy atom. The van der Waals surface area contributed by atoms with E-state index in [1.165, 1.54) is 12.8 Å². The third-order valence-corrected chi connectivity index (χ3v) is 4.46. The first kappa shape index (κ1) is 18.9. The van der Waals surface area contributed by atoms with Crippen LogP contribution in [-0.2, 0) is 17.9 Å². The number of aliphatic hydroxyl groups is 1. The molecule has 1 aromatic carbocycles. The molecule has 0 aliphatic carbocycles. The SMILES string of the molecule is CC(CC(=O)NCc1ccccc1CO)C1CCNCC1.Cl. The van der Waals surface area contributed by atoms with Crippen molar-refractivity contribution in [3.8, 4) is 0 Å². The van der Waals surface area contributed by atoms with E-state index in [1.54, 1.807) is 0 Å². The van der Waals surface area contributed by atoms with Crippen LogP contribution < -0.4 is 10.6 Å². The van der Waals surface area contributed by atoms with Crippen LogP contribution in [0.2, 0.25) is 0 Å². The van der Waals surface area contributed by atoms with Crippen LogP contribution in [0.1, 0.15) is 37.3 Å². The molecule has 5 heteroatoms. The third-order valence-electron chi connectivity index (χ3n) is 4.46. The largest absolute Gasteiger partial charge is 0.392 e. The lowest BCUT2D eigenvalue weighted by atomic mass is 9.84. The molecule has 0 saturated carbocycles. The molecule has 22 heavy (non-hydrogen) atoms. The second-order valence-corrected chi connectivity index (χ2v) is 5.97. The van der Waals surface area contributed by atoms with Crippen LogP contribution in [0.5, 0.6) is 0 Å². The summed E-state index contributed by atoms with van der Waals surface area (Å²) in [5.74, 6) is 1.19. The number of hydrogen-bond donors (Lipinski definition) is 3. The van der Waals surface area contributed by atoms with Crippen LogP contribution >= 0.6 is 12.4 Å². The molecule has 2 rings (SSSR count). The fourth-order valence-corrected chi connectivity index (χ4v) is 3.02. The number of amides is 1. The summed E-state index contributed by atoms with van der Waals surface area (Å²) >= 11 is 0. The molecule has 0 radical (unpaired) electrons. The second-order valence-electron chi connectivity index (χ2n) is 5.97. The number of hydrogen-bond acceptors (Lipinski definition) is 3. The lowest BCUT2D eigenvalue weighted by Gasteiger charge is -2.27. The Bertz CT molecular complexity index is 462. The van der Waals surface area contributed by atoms with E-state index >= 15 is 0 Å². The van der Waals surface area contributed by atoms with E-state index in [4.69, 9.17) is 0 Å². The van der Waals surface area contributed by atoms with E-state index < -0.39 is 0 Å². The maximum atomic E-state index is 12.1. The van der Waals surface area contributed by atoms with Gasteiger partial charge in [-0.05, 0) is 48.9 Å². The molecule has 0 aromatic heterocycles. The predicted molar refractivity (Wildman–Crippen MR) is 90.8 cm³/mol. The average molecular weight is 327 g/mol. The number of halogens is 1. The van der Waals surface area contributed by atoms with Crippen LogP contribution in [0.15, 0.2) is 24.3 Å². The number of aliphatic hydroxyl groups excluding tert-OH is 1. The zero-order valence-corrected chi connectivity index (χ0v) is 14.0. The molecule has 0 spiro atoms. The van der Waals surface area contributed by atoms with Gasteiger partial charge < -0.3 is 15.7 Å². The van der Waals surface area contributed by atoms with Gasteiger partial charge in [-0.1, -0.05) is 31.2 Å². The molecule has 1 saturated heterocycles. The van der Waals surface area contributed by atoms with Crippen LogP contribution in [0.25, 0.3) is 0 Å². The zero-order chi connectivity index (χ0) is 15.1. The van der Waals surface area contributed by atoms with Gasteiger partial charge in [0.15, 0.2) is 0 Å². The molecule has 1 fully saturated rings. The van der Waals surface area contributed by atoms with Gasteiger partial charge in [0.25, 0.3) is 0 Å². The highest BCUT2D eigenvalue weighted by Gasteiger charge is 2.21. The van der Waals surface area contributed by atoms with Gasteiger partial charge in [0.05, 0.1) is 6.61 Å². The molecule has 1 aromatic rings. The van der Waals surface area contributed by atoms with Crippen LogP contribution in [-0.4, -0.2) is 24.1 Å². The summed E-state index contributed by atoms with van der Waals surface area (Å²) in [4.78, 5) is 12.1. The smallest absolute Gasteiger partial charge is 0.220 e. The molecule has 1 aliphatic heterocycles. The number of nitrogens with one attached hydrogen (secondary N) is 2. The van der Waals surface area contributed by atoms with E-state index in [9.17, 15) is 9.90 Å². The highest BCUT2D eigenvalue weighted by molar-refractivity contribution is 5.85. The van der Waals surface area contributed by atoms with Gasteiger partial charge in [0.2, 0.25) is 5.91 Å². The quantitative estimate of drug-likeness (QED) is 0.751. The molecule has 1 atom stereocenters. The van der Waals surface area contributed by atoms with Crippen LogP contribution in [0.3, 0.4) is 0 Å². The number of carbonyl (C=O) groups is 1. The lowest BCUT2D eigenvalue weighted by molar-refractivity contribution is -0.122. The van der Waals surface area contributed by atoms with Gasteiger partial charge in [0, 0.05) is 13.0 Å². The molecular formula is C17H27ClN2O2. The van der Waals surface area contributed by atoms with E-state index in [0.717, 1.165) is 24.2 Å². The summed E-state index contributed by atoms with van der Waals surface area (Å²) in [7, 11) is 0. The number of benzene rings is 1. The summed E-state index contributed by atoms with van der Waals surface area (Å²) in [6.07, 6.45) is 2.93. The predicted octanol–water partition coefficient (Wildman–Crippen LogP) is 2.24. The van der Waals surface area contributed by atoms with Crippen molar-refractivity contribution in [1.29, 1.82) is 0 Å². The van der Waals surface area contributed by atoms with Crippen LogP contribution in [0.4, 0.5) is 0 Å². The molecule has 3 N–H and O–H groups in total. The Morgan fingerprint density at radius 3 is 2.59 bits per heavy atom. The fraction of sp³-hybridized carbons (Fsp3) is 0.588. The molecule has 124 valence electrons. The van der Waals surface area contributed by atoms with Crippen molar-refractivity contribution in [2.75, 3.05) is 13.1 Å². The summed E-state index contributed by atoms with van der Waals surface area (Å²) in [5, 5.41) is 15.6. The Kier molecular flexibility index (Phi) is 8.46. The Hall–Kier alpha value is -1.10. The minimum atomic E-state index is 0. The highest BCUT2D eigenvalue weighted by Crippen LogP contribution is 2.24. The lowest BCUT2D eigenvalue weighted by Crippen LogP contribution is -2.33. The fourth-order valence-electron chi connectivity index (χ4n) is 3.02. The monoisotopic (exact) mass is 326 g/mol. The van der Waals surface area contributed by atoms with Gasteiger partial charge in [-0.15, -0.1) is 12.4 Å². The topological polar surface area (TPSA) is 61.4 Å². The van der Waals surface area contributed by atoms with E-state index in [0.29, 0.717) is 24.8 Å². The second kappa shape index (κ2) is 9.82. The average Bonchev–Trinajstić information content (AvgIpc) is 2.54. The molecular weight excluding hydrogens is 300 g/mol. The van der Waals surface area contributed by atoms with Gasteiger partial charge in [0.1, 0.15) is 0 Å². The van der Waals surface area contributed by atoms with Crippen LogP contribution in [0, 0.1) is 11.8 Å². The number of carbonyl (C=O) groups excluding carboxylic acids is 1. The standard InChI is InChI=1S/C17H26N2O2.ClH/c1-13(14-6-8-18-9-7-14)10-17(21)19-11-15-4-2-3-5-16(15)12-20;/h2-5,13-14,18,20H,6-12H2,1H3,(H,19,21);1H. The maximum absolute atomic E-state index is 12.1. The number of rotatable bonds is 6. The maximum Gasteiger partial charge on any atom is 0.220 e. The van der Waals surface area contributed by atoms with Crippen molar-refractivity contribution in [3.05, 3.63) is 35.4 Å². The summed E-state index contributed by atoms with van der Waals surface area (Å²) in [6.45, 7) is 4.82. The minimum Gasteiger partial charge on any atom is -0.392 e. The van der Waals surface area contributed by atoms with E-state index in [1.807, 2.05) is 24.3 Å². The Balaban J connectivity index is 0.00000242. The first-order valence-electron chi connectivity index (χ1n) is 7.85. The van der Waals surface area contributed by atoms with Crippen molar-refractivity contribution in [2.24, 2.45) is 11.8 Å². The molecule has 1 heterocycles. The third kappa shape index (κ3) is 5.59. The molecule has 0 bridgehead atoms. The van der Waals surface area contributed by atoms with Crippen molar-refractivity contribution < 1.29 is 9.90 Å². The van der Waals surface area contributed by atoms with E-state index in [2.05, 4.69) is 17.6 Å². The Labute approximate surface area is 139 Å². The molecule has 1 aliphatic rings.